The average Bonchev–Trinajstić information content (AvgIpc) is 2.36. The highest BCUT2D eigenvalue weighted by atomic mass is 16.1. The van der Waals surface area contributed by atoms with E-state index in [1.807, 2.05) is 0 Å². The zero-order valence-corrected chi connectivity index (χ0v) is 12.0. The summed E-state index contributed by atoms with van der Waals surface area (Å²) in [6.45, 7) is 9.00. The molecule has 1 rings (SSSR count). The van der Waals surface area contributed by atoms with Crippen LogP contribution >= 0.6 is 0 Å². The maximum atomic E-state index is 11.4. The fourth-order valence-corrected chi connectivity index (χ4v) is 2.45. The predicted molar refractivity (Wildman–Crippen MR) is 74.4 cm³/mol. The van der Waals surface area contributed by atoms with Gasteiger partial charge in [-0.1, -0.05) is 13.8 Å². The van der Waals surface area contributed by atoms with Crippen LogP contribution in [0, 0.1) is 0 Å². The van der Waals surface area contributed by atoms with Gasteiger partial charge in [-0.2, -0.15) is 0 Å². The molecular formula is C13H28N4O. The van der Waals surface area contributed by atoms with Crippen molar-refractivity contribution in [3.05, 3.63) is 0 Å². The lowest BCUT2D eigenvalue weighted by atomic mass is 10.1. The fraction of sp³-hybridized carbons (Fsp3) is 0.923. The van der Waals surface area contributed by atoms with Crippen molar-refractivity contribution in [3.63, 3.8) is 0 Å². The van der Waals surface area contributed by atoms with E-state index in [2.05, 4.69) is 36.0 Å². The van der Waals surface area contributed by atoms with Gasteiger partial charge in [0.15, 0.2) is 0 Å². The van der Waals surface area contributed by atoms with E-state index in [-0.39, 0.29) is 11.9 Å². The summed E-state index contributed by atoms with van der Waals surface area (Å²) in [7, 11) is 2.17. The number of hydrogen-bond donors (Lipinski definition) is 2. The topological polar surface area (TPSA) is 61.6 Å². The molecule has 5 heteroatoms. The first-order chi connectivity index (χ1) is 8.58. The number of piperazine rings is 1. The molecule has 0 aromatic carbocycles. The van der Waals surface area contributed by atoms with Gasteiger partial charge in [-0.25, -0.2) is 0 Å². The Morgan fingerprint density at radius 1 is 1.44 bits per heavy atom. The zero-order chi connectivity index (χ0) is 13.5. The minimum absolute atomic E-state index is 0.217. The molecule has 0 radical (unpaired) electrons. The number of primary amides is 1. The Balaban J connectivity index is 2.46. The second kappa shape index (κ2) is 7.71. The molecule has 0 spiro atoms. The van der Waals surface area contributed by atoms with Gasteiger partial charge in [-0.15, -0.1) is 0 Å². The van der Waals surface area contributed by atoms with Crippen molar-refractivity contribution < 1.29 is 4.79 Å². The van der Waals surface area contributed by atoms with Crippen molar-refractivity contribution in [2.75, 3.05) is 39.8 Å². The maximum absolute atomic E-state index is 11.4. The molecule has 1 saturated heterocycles. The Hall–Kier alpha value is -0.650. The third-order valence-electron chi connectivity index (χ3n) is 3.76. The zero-order valence-electron chi connectivity index (χ0n) is 12.0. The van der Waals surface area contributed by atoms with Gasteiger partial charge < -0.3 is 16.0 Å². The lowest BCUT2D eigenvalue weighted by molar-refractivity contribution is -0.120. The van der Waals surface area contributed by atoms with E-state index in [9.17, 15) is 4.79 Å². The van der Waals surface area contributed by atoms with Crippen LogP contribution in [0.5, 0.6) is 0 Å². The van der Waals surface area contributed by atoms with Crippen LogP contribution in [0.1, 0.15) is 26.7 Å². The highest BCUT2D eigenvalue weighted by molar-refractivity contribution is 5.80. The van der Waals surface area contributed by atoms with Crippen LogP contribution in [0.15, 0.2) is 0 Å². The first-order valence-corrected chi connectivity index (χ1v) is 7.03. The van der Waals surface area contributed by atoms with Crippen molar-refractivity contribution in [1.29, 1.82) is 0 Å². The second-order valence-electron chi connectivity index (χ2n) is 5.21. The third-order valence-corrected chi connectivity index (χ3v) is 3.76. The molecule has 1 aliphatic rings. The first-order valence-electron chi connectivity index (χ1n) is 7.03. The molecule has 18 heavy (non-hydrogen) atoms. The van der Waals surface area contributed by atoms with Crippen LogP contribution < -0.4 is 11.1 Å². The molecular weight excluding hydrogens is 228 g/mol. The molecule has 106 valence electrons. The molecule has 1 fully saturated rings. The van der Waals surface area contributed by atoms with E-state index >= 15 is 0 Å². The molecule has 1 amide bonds. The quantitative estimate of drug-likeness (QED) is 0.666. The number of nitrogens with one attached hydrogen (secondary N) is 1. The number of amides is 1. The van der Waals surface area contributed by atoms with Crippen molar-refractivity contribution in [3.8, 4) is 0 Å². The van der Waals surface area contributed by atoms with Crippen molar-refractivity contribution in [2.45, 2.75) is 38.8 Å². The summed E-state index contributed by atoms with van der Waals surface area (Å²) < 4.78 is 0. The molecule has 2 atom stereocenters. The summed E-state index contributed by atoms with van der Waals surface area (Å²) in [5.74, 6) is -0.240. The fourth-order valence-electron chi connectivity index (χ4n) is 2.45. The molecule has 1 aliphatic heterocycles. The molecule has 5 nitrogen and oxygen atoms in total. The highest BCUT2D eigenvalue weighted by Gasteiger charge is 2.26. The van der Waals surface area contributed by atoms with Crippen molar-refractivity contribution in [1.82, 2.24) is 15.1 Å². The van der Waals surface area contributed by atoms with Crippen LogP contribution in [0.2, 0.25) is 0 Å². The van der Waals surface area contributed by atoms with Crippen LogP contribution in [-0.2, 0) is 4.79 Å². The Kier molecular flexibility index (Phi) is 6.60. The molecule has 0 aliphatic carbocycles. The van der Waals surface area contributed by atoms with Crippen LogP contribution in [0.4, 0.5) is 0 Å². The Morgan fingerprint density at radius 3 is 2.72 bits per heavy atom. The van der Waals surface area contributed by atoms with Crippen LogP contribution in [0.3, 0.4) is 0 Å². The average molecular weight is 256 g/mol. The Labute approximate surface area is 111 Å². The molecule has 0 aromatic heterocycles. The standard InChI is InChI=1S/C13H28N4O/c1-4-6-15-12(13(14)18)10-17-8-7-16(3)11(5-2)9-17/h11-12,15H,4-10H2,1-3H3,(H2,14,18). The minimum atomic E-state index is -0.240. The molecule has 1 heterocycles. The SMILES string of the molecule is CCCNC(CN1CCN(C)C(CC)C1)C(N)=O. The monoisotopic (exact) mass is 256 g/mol. The van der Waals surface area contributed by atoms with E-state index in [1.54, 1.807) is 0 Å². The Morgan fingerprint density at radius 2 is 2.17 bits per heavy atom. The van der Waals surface area contributed by atoms with Gasteiger partial charge in [0.25, 0.3) is 0 Å². The van der Waals surface area contributed by atoms with E-state index in [0.29, 0.717) is 6.04 Å². The smallest absolute Gasteiger partial charge is 0.235 e. The van der Waals surface area contributed by atoms with E-state index in [4.69, 9.17) is 5.73 Å². The second-order valence-corrected chi connectivity index (χ2v) is 5.21. The number of carbonyl (C=O) groups excluding carboxylic acids is 1. The lowest BCUT2D eigenvalue weighted by Crippen LogP contribution is -2.56. The lowest BCUT2D eigenvalue weighted by Gasteiger charge is -2.40. The summed E-state index contributed by atoms with van der Waals surface area (Å²) in [6.07, 6.45) is 2.17. The summed E-state index contributed by atoms with van der Waals surface area (Å²) in [5, 5.41) is 3.23. The normalized spacial score (nSPS) is 24.1. The molecule has 0 saturated carbocycles. The van der Waals surface area contributed by atoms with Crippen molar-refractivity contribution >= 4 is 5.91 Å². The minimum Gasteiger partial charge on any atom is -0.368 e. The van der Waals surface area contributed by atoms with Gasteiger partial charge in [0, 0.05) is 32.2 Å². The summed E-state index contributed by atoms with van der Waals surface area (Å²) in [4.78, 5) is 16.2. The molecule has 0 bridgehead atoms. The van der Waals surface area contributed by atoms with Crippen LogP contribution in [0.25, 0.3) is 0 Å². The number of likely N-dealkylation sites (N-methyl/N-ethyl adjacent to an activating group) is 1. The van der Waals surface area contributed by atoms with Gasteiger partial charge in [0.2, 0.25) is 5.91 Å². The van der Waals surface area contributed by atoms with Crippen LogP contribution in [-0.4, -0.2) is 67.6 Å². The van der Waals surface area contributed by atoms with E-state index in [1.165, 1.54) is 0 Å². The molecule has 0 aromatic rings. The predicted octanol–water partition coefficient (Wildman–Crippen LogP) is -0.134. The van der Waals surface area contributed by atoms with Gasteiger partial charge in [-0.05, 0) is 26.4 Å². The van der Waals surface area contributed by atoms with Gasteiger partial charge in [0.1, 0.15) is 0 Å². The number of rotatable bonds is 7. The van der Waals surface area contributed by atoms with Gasteiger partial charge in [-0.3, -0.25) is 9.69 Å². The number of nitrogens with two attached hydrogens (primary N) is 1. The molecule has 3 N–H and O–H groups in total. The summed E-state index contributed by atoms with van der Waals surface area (Å²) >= 11 is 0. The summed E-state index contributed by atoms with van der Waals surface area (Å²) in [5.41, 5.74) is 5.45. The Bertz CT molecular complexity index is 259. The molecule has 2 unspecified atom stereocenters. The number of carbonyl (C=O) groups is 1. The van der Waals surface area contributed by atoms with Crippen molar-refractivity contribution in [2.24, 2.45) is 5.73 Å². The van der Waals surface area contributed by atoms with E-state index < -0.39 is 0 Å². The maximum Gasteiger partial charge on any atom is 0.235 e. The third kappa shape index (κ3) is 4.55. The van der Waals surface area contributed by atoms with Gasteiger partial charge >= 0.3 is 0 Å². The van der Waals surface area contributed by atoms with E-state index in [0.717, 1.165) is 45.6 Å². The van der Waals surface area contributed by atoms with Gasteiger partial charge in [0.05, 0.1) is 6.04 Å². The largest absolute Gasteiger partial charge is 0.368 e. The summed E-state index contributed by atoms with van der Waals surface area (Å²) in [6, 6.07) is 0.379. The number of nitrogens with zero attached hydrogens (tertiary/aromatic N) is 2. The highest BCUT2D eigenvalue weighted by Crippen LogP contribution is 2.10. The first kappa shape index (κ1) is 15.4. The number of hydrogen-bond acceptors (Lipinski definition) is 4.